The van der Waals surface area contributed by atoms with E-state index < -0.39 is 61.3 Å². The molecule has 29 nitrogen and oxygen atoms in total. The van der Waals surface area contributed by atoms with Crippen LogP contribution in [0.4, 0.5) is 33.6 Å². The predicted octanol–water partition coefficient (Wildman–Crippen LogP) is 8.41. The van der Waals surface area contributed by atoms with Gasteiger partial charge in [0.1, 0.15) is 64.0 Å². The van der Waals surface area contributed by atoms with Crippen molar-refractivity contribution in [1.82, 2.24) is 19.6 Å². The van der Waals surface area contributed by atoms with Crippen LogP contribution in [-0.4, -0.2) is 121 Å². The first kappa shape index (κ1) is 56.0. The minimum Gasteiger partial charge on any atom is -0.505 e. The van der Waals surface area contributed by atoms with E-state index in [1.165, 1.54) is 41.3 Å². The van der Waals surface area contributed by atoms with Gasteiger partial charge in [0.25, 0.3) is 25.4 Å². The Morgan fingerprint density at radius 2 is 1.42 bits per heavy atom. The Labute approximate surface area is 427 Å². The lowest BCUT2D eigenvalue weighted by Crippen LogP contribution is -2.04. The molecule has 0 unspecified atom stereocenters. The minimum absolute atomic E-state index is 0.00910. The molecule has 7 aromatic rings. The van der Waals surface area contributed by atoms with Crippen molar-refractivity contribution in [2.45, 2.75) is 21.1 Å². The smallest absolute Gasteiger partial charge is 0.297 e. The van der Waals surface area contributed by atoms with Gasteiger partial charge in [-0.25, -0.2) is 15.5 Å². The maximum Gasteiger partial charge on any atom is 0.297 e. The second kappa shape index (κ2) is 25.6. The van der Waals surface area contributed by atoms with Crippen molar-refractivity contribution in [3.63, 3.8) is 0 Å². The van der Waals surface area contributed by atoms with Gasteiger partial charge in [0.05, 0.1) is 47.4 Å². The van der Waals surface area contributed by atoms with Gasteiger partial charge in [-0.1, -0.05) is 45.3 Å². The van der Waals surface area contributed by atoms with E-state index in [1.807, 2.05) is 0 Å². The Morgan fingerprint density at radius 3 is 2.05 bits per heavy atom. The number of para-hydroxylation sites is 2. The van der Waals surface area contributed by atoms with E-state index in [0.717, 1.165) is 35.5 Å². The number of phenolic OH excluding ortho intramolecular Hbond substituents is 1. The number of fused-ring (bicyclic) bond motifs is 4. The van der Waals surface area contributed by atoms with Crippen LogP contribution >= 0.6 is 47.2 Å². The molecule has 35 heteroatoms. The number of hydrogen-bond donors (Lipinski definition) is 8. The van der Waals surface area contributed by atoms with Crippen LogP contribution in [0.5, 0.6) is 23.1 Å². The number of aliphatic hydroxyl groups excluding tert-OH is 2. The third-order valence-corrected chi connectivity index (χ3v) is 13.3. The van der Waals surface area contributed by atoms with E-state index in [0.29, 0.717) is 33.1 Å². The number of nitriles is 1. The monoisotopic (exact) mass is 1130 g/mol. The standard InChI is InChI=1S/C37H31N11O15S5.CH4O3S/c1-18-21(17-38)34-39-22-4-2-3-5-26(22)48(34)35(52)30(18)43-40-23-7-6-19-20(33(23)68(55,56)57)14-29(67-63-61-54)31(32(19)51)44-41-24-15-28(59-11-9-50)25(16-27(24)58-10-8-49)42-45-36-46-47-37(66-36)64-12-13-65-62-60-53;1-5(2,3)4/h2-7,14-16,49-54H,8-13H2,1H3,(H,55,56,57);1H3,(H,2,3,4). The summed E-state index contributed by atoms with van der Waals surface area (Å²) < 4.78 is 84.9. The largest absolute Gasteiger partial charge is 0.505 e. The van der Waals surface area contributed by atoms with Gasteiger partial charge in [-0.3, -0.25) is 13.5 Å². The molecule has 3 heterocycles. The van der Waals surface area contributed by atoms with Gasteiger partial charge >= 0.3 is 0 Å². The molecular weight excluding hydrogens is 1090 g/mol. The zero-order valence-corrected chi connectivity index (χ0v) is 41.9. The molecule has 7 rings (SSSR count). The van der Waals surface area contributed by atoms with E-state index in [1.54, 1.807) is 24.3 Å². The Balaban J connectivity index is 0.00000166. The van der Waals surface area contributed by atoms with Crippen molar-refractivity contribution in [3.05, 3.63) is 65.7 Å². The average molecular weight is 1130 g/mol. The van der Waals surface area contributed by atoms with Crippen LogP contribution in [0.15, 0.2) is 99.4 Å². The quantitative estimate of drug-likeness (QED) is 0.00600. The molecule has 8 N–H and O–H groups in total. The summed E-state index contributed by atoms with van der Waals surface area (Å²) in [6, 6.07) is 14.9. The molecule has 0 saturated carbocycles. The molecule has 73 heavy (non-hydrogen) atoms. The van der Waals surface area contributed by atoms with Crippen LogP contribution in [-0.2, 0) is 39.0 Å². The van der Waals surface area contributed by atoms with Gasteiger partial charge < -0.3 is 29.9 Å². The predicted molar refractivity (Wildman–Crippen MR) is 259 cm³/mol. The molecule has 0 aliphatic heterocycles. The molecule has 0 saturated heterocycles. The van der Waals surface area contributed by atoms with Crippen LogP contribution in [0.2, 0.25) is 0 Å². The fourth-order valence-electron chi connectivity index (χ4n) is 6.23. The lowest BCUT2D eigenvalue weighted by Gasteiger charge is -2.14. The first-order chi connectivity index (χ1) is 34.9. The summed E-state index contributed by atoms with van der Waals surface area (Å²) in [5, 5.41) is 109. The molecule has 386 valence electrons. The third-order valence-electron chi connectivity index (χ3n) is 8.99. The molecule has 0 bridgehead atoms. The molecule has 0 spiro atoms. The lowest BCUT2D eigenvalue weighted by atomic mass is 10.1. The van der Waals surface area contributed by atoms with Crippen molar-refractivity contribution in [2.75, 3.05) is 44.2 Å². The number of ether oxygens (including phenoxy) is 2. The number of benzene rings is 4. The number of pyridine rings is 1. The van der Waals surface area contributed by atoms with Gasteiger partial charge in [0.15, 0.2) is 21.4 Å². The number of rotatable bonds is 22. The van der Waals surface area contributed by atoms with E-state index in [4.69, 9.17) is 24.5 Å². The Hall–Kier alpha value is -6.31. The Bertz CT molecular complexity index is 3490. The molecule has 0 amide bonds. The summed E-state index contributed by atoms with van der Waals surface area (Å²) >= 11 is 3.57. The molecule has 0 fully saturated rings. The summed E-state index contributed by atoms with van der Waals surface area (Å²) in [6.07, 6.45) is 0.715. The van der Waals surface area contributed by atoms with Crippen LogP contribution in [0.1, 0.15) is 11.1 Å². The van der Waals surface area contributed by atoms with Crippen LogP contribution in [0.3, 0.4) is 0 Å². The first-order valence-corrected chi connectivity index (χ1v) is 26.5. The van der Waals surface area contributed by atoms with Crippen molar-refractivity contribution in [3.8, 4) is 29.2 Å². The number of nitrogens with zero attached hydrogens (tertiary/aromatic N) is 11. The zero-order valence-electron chi connectivity index (χ0n) is 37.0. The third kappa shape index (κ3) is 14.3. The van der Waals surface area contributed by atoms with Crippen molar-refractivity contribution in [1.29, 1.82) is 5.26 Å². The number of thioether (sulfide) groups is 1. The summed E-state index contributed by atoms with van der Waals surface area (Å²) in [5.41, 5.74) is 0.131. The molecule has 0 aliphatic carbocycles. The van der Waals surface area contributed by atoms with Gasteiger partial charge in [0.2, 0.25) is 5.88 Å². The number of aromatic nitrogens is 4. The van der Waals surface area contributed by atoms with E-state index in [9.17, 15) is 47.1 Å². The number of hydrogen-bond acceptors (Lipinski definition) is 30. The first-order valence-electron chi connectivity index (χ1n) is 19.8. The Morgan fingerprint density at radius 1 is 0.795 bits per heavy atom. The normalized spacial score (nSPS) is 12.2. The Kier molecular flexibility index (Phi) is 19.6. The minimum atomic E-state index is -5.22. The highest BCUT2D eigenvalue weighted by Crippen LogP contribution is 2.49. The lowest BCUT2D eigenvalue weighted by molar-refractivity contribution is -0.432. The average Bonchev–Trinajstić information content (AvgIpc) is 3.97. The summed E-state index contributed by atoms with van der Waals surface area (Å²) in [4.78, 5) is 3.34. The zero-order chi connectivity index (χ0) is 52.9. The number of azo groups is 3. The maximum atomic E-state index is 13.1. The van der Waals surface area contributed by atoms with Crippen molar-refractivity contribution < 1.29 is 85.1 Å². The summed E-state index contributed by atoms with van der Waals surface area (Å²) in [7, 11) is -8.89. The highest BCUT2D eigenvalue weighted by atomic mass is 32.2. The fourth-order valence-corrected chi connectivity index (χ4v) is 9.63. The summed E-state index contributed by atoms with van der Waals surface area (Å²) in [5.74, 6) is -0.247. The van der Waals surface area contributed by atoms with Crippen molar-refractivity contribution >= 4 is 128 Å². The number of aromatic hydroxyl groups is 2. The molecule has 0 aliphatic rings. The molecule has 0 atom stereocenters. The van der Waals surface area contributed by atoms with Gasteiger partial charge in [0, 0.05) is 52.0 Å². The molecule has 4 aromatic carbocycles. The van der Waals surface area contributed by atoms with Crippen LogP contribution < -0.4 is 9.47 Å². The number of imidazole rings is 1. The van der Waals surface area contributed by atoms with E-state index >= 15 is 0 Å². The van der Waals surface area contributed by atoms with Gasteiger partial charge in [-0.15, -0.1) is 49.6 Å². The van der Waals surface area contributed by atoms with E-state index in [-0.39, 0.29) is 91.4 Å². The number of phenols is 1. The van der Waals surface area contributed by atoms with Crippen molar-refractivity contribution in [2.24, 2.45) is 30.7 Å². The molecule has 0 radical (unpaired) electrons. The molecule has 3 aromatic heterocycles. The van der Waals surface area contributed by atoms with Gasteiger partial charge in [-0.05, 0) is 37.3 Å². The van der Waals surface area contributed by atoms with E-state index in [2.05, 4.69) is 70.7 Å². The molecular formula is C38H35N11O18S6. The second-order valence-corrected chi connectivity index (χ2v) is 20.4. The maximum absolute atomic E-state index is 13.1. The number of aliphatic hydroxyl groups is 2. The fraction of sp³-hybridized carbons (Fsp3) is 0.211. The highest BCUT2D eigenvalue weighted by Gasteiger charge is 2.26. The van der Waals surface area contributed by atoms with Crippen LogP contribution in [0.25, 0.3) is 27.5 Å². The second-order valence-electron chi connectivity index (χ2n) is 13.8. The van der Waals surface area contributed by atoms with Gasteiger partial charge in [-0.2, -0.15) is 22.1 Å². The SMILES string of the molecule is CS(=O)(=O)O.Cc1c(N=Nc2ccc3c(O)c(N=Nc4cc(OCCO)c(N=Nc5nnc(SCCSOOO)s5)cc4OCCO)c(SOOO)cc3c2S(=O)(=O)O)c(O)n2c(nc3ccccc32)c1C#N. The highest BCUT2D eigenvalue weighted by molar-refractivity contribution is 8.02. The topological polar surface area (TPSA) is 427 Å². The van der Waals surface area contributed by atoms with Crippen LogP contribution in [0, 0.1) is 18.3 Å². The summed E-state index contributed by atoms with van der Waals surface area (Å²) in [6.45, 7) is 0.199.